The van der Waals surface area contributed by atoms with E-state index < -0.39 is 0 Å². The molecule has 104 valence electrons. The summed E-state index contributed by atoms with van der Waals surface area (Å²) in [7, 11) is 0. The van der Waals surface area contributed by atoms with Crippen LogP contribution in [-0.4, -0.2) is 28.1 Å². The van der Waals surface area contributed by atoms with Crippen LogP contribution in [0.4, 0.5) is 0 Å². The lowest BCUT2D eigenvalue weighted by atomic mass is 9.88. The molecule has 0 radical (unpaired) electrons. The van der Waals surface area contributed by atoms with Gasteiger partial charge in [0.05, 0.1) is 17.7 Å². The number of hydrogen-bond acceptors (Lipinski definition) is 4. The standard InChI is InChI=1S/C14H21N3O2/c1-9-4-2-3-5-13(9)19-14(18)11-6-10-12(7-15-11)17-8-16-10/h8-9,11,13,15H,2-7H2,1H3,(H,16,17). The van der Waals surface area contributed by atoms with Gasteiger partial charge in [0, 0.05) is 13.0 Å². The summed E-state index contributed by atoms with van der Waals surface area (Å²) < 4.78 is 5.70. The van der Waals surface area contributed by atoms with Crippen molar-refractivity contribution in [3.05, 3.63) is 17.7 Å². The Balaban J connectivity index is 1.59. The van der Waals surface area contributed by atoms with E-state index in [9.17, 15) is 4.79 Å². The first kappa shape index (κ1) is 12.7. The fourth-order valence-corrected chi connectivity index (χ4v) is 3.02. The Labute approximate surface area is 113 Å². The van der Waals surface area contributed by atoms with E-state index in [4.69, 9.17) is 4.74 Å². The minimum absolute atomic E-state index is 0.101. The molecule has 0 spiro atoms. The van der Waals surface area contributed by atoms with Crippen LogP contribution in [0, 0.1) is 5.92 Å². The molecule has 2 aliphatic rings. The second kappa shape index (κ2) is 5.33. The first-order valence-corrected chi connectivity index (χ1v) is 7.19. The second-order valence-corrected chi connectivity index (χ2v) is 5.70. The van der Waals surface area contributed by atoms with Crippen LogP contribution in [-0.2, 0) is 22.5 Å². The predicted octanol–water partition coefficient (Wildman–Crippen LogP) is 1.55. The number of aromatic nitrogens is 2. The molecular weight excluding hydrogens is 242 g/mol. The summed E-state index contributed by atoms with van der Waals surface area (Å²) in [5.41, 5.74) is 2.06. The predicted molar refractivity (Wildman–Crippen MR) is 70.4 cm³/mol. The highest BCUT2D eigenvalue weighted by atomic mass is 16.5. The Morgan fingerprint density at radius 3 is 3.11 bits per heavy atom. The highest BCUT2D eigenvalue weighted by Gasteiger charge is 2.31. The molecule has 1 saturated carbocycles. The number of nitrogens with one attached hydrogen (secondary N) is 2. The normalized spacial score (nSPS) is 30.7. The average Bonchev–Trinajstić information content (AvgIpc) is 2.88. The Kier molecular flexibility index (Phi) is 3.55. The zero-order valence-corrected chi connectivity index (χ0v) is 11.3. The number of aromatic amines is 1. The second-order valence-electron chi connectivity index (χ2n) is 5.70. The lowest BCUT2D eigenvalue weighted by Gasteiger charge is -2.30. The maximum Gasteiger partial charge on any atom is 0.323 e. The minimum Gasteiger partial charge on any atom is -0.461 e. The molecule has 5 nitrogen and oxygen atoms in total. The van der Waals surface area contributed by atoms with Gasteiger partial charge >= 0.3 is 5.97 Å². The number of imidazole rings is 1. The van der Waals surface area contributed by atoms with Crippen molar-refractivity contribution in [2.45, 2.75) is 57.7 Å². The number of fused-ring (bicyclic) bond motifs is 1. The van der Waals surface area contributed by atoms with Gasteiger partial charge in [0.2, 0.25) is 0 Å². The largest absolute Gasteiger partial charge is 0.461 e. The van der Waals surface area contributed by atoms with Crippen molar-refractivity contribution >= 4 is 5.97 Å². The first-order valence-electron chi connectivity index (χ1n) is 7.19. The summed E-state index contributed by atoms with van der Waals surface area (Å²) in [4.78, 5) is 19.5. The van der Waals surface area contributed by atoms with Crippen LogP contribution in [0.1, 0.15) is 44.0 Å². The van der Waals surface area contributed by atoms with E-state index in [1.165, 1.54) is 19.3 Å². The molecule has 0 aromatic carbocycles. The number of carbonyl (C=O) groups is 1. The monoisotopic (exact) mass is 263 g/mol. The molecule has 1 aliphatic carbocycles. The zero-order valence-electron chi connectivity index (χ0n) is 11.3. The number of hydrogen-bond donors (Lipinski definition) is 2. The van der Waals surface area contributed by atoms with Gasteiger partial charge in [-0.1, -0.05) is 13.3 Å². The Bertz CT molecular complexity index is 457. The van der Waals surface area contributed by atoms with Crippen LogP contribution in [0.25, 0.3) is 0 Å². The molecule has 0 saturated heterocycles. The average molecular weight is 263 g/mol. The van der Waals surface area contributed by atoms with E-state index in [-0.39, 0.29) is 18.1 Å². The van der Waals surface area contributed by atoms with Gasteiger partial charge in [0.15, 0.2) is 0 Å². The molecule has 19 heavy (non-hydrogen) atoms. The maximum atomic E-state index is 12.2. The Morgan fingerprint density at radius 2 is 2.26 bits per heavy atom. The third-order valence-corrected chi connectivity index (χ3v) is 4.32. The number of H-pyrrole nitrogens is 1. The third-order valence-electron chi connectivity index (χ3n) is 4.32. The fraction of sp³-hybridized carbons (Fsp3) is 0.714. The van der Waals surface area contributed by atoms with Gasteiger partial charge < -0.3 is 9.72 Å². The number of carbonyl (C=O) groups excluding carboxylic acids is 1. The highest BCUT2D eigenvalue weighted by molar-refractivity contribution is 5.76. The number of ether oxygens (including phenoxy) is 1. The van der Waals surface area contributed by atoms with Crippen molar-refractivity contribution in [3.63, 3.8) is 0 Å². The number of rotatable bonds is 2. The molecule has 1 aromatic rings. The van der Waals surface area contributed by atoms with Crippen molar-refractivity contribution in [1.29, 1.82) is 0 Å². The van der Waals surface area contributed by atoms with Crippen molar-refractivity contribution in [1.82, 2.24) is 15.3 Å². The number of esters is 1. The molecule has 2 N–H and O–H groups in total. The quantitative estimate of drug-likeness (QED) is 0.794. The van der Waals surface area contributed by atoms with Gasteiger partial charge in [-0.25, -0.2) is 4.98 Å². The molecule has 1 fully saturated rings. The van der Waals surface area contributed by atoms with Gasteiger partial charge in [-0.3, -0.25) is 10.1 Å². The van der Waals surface area contributed by atoms with Crippen molar-refractivity contribution in [2.24, 2.45) is 5.92 Å². The molecule has 0 bridgehead atoms. The van der Waals surface area contributed by atoms with Crippen molar-refractivity contribution in [3.8, 4) is 0 Å². The summed E-state index contributed by atoms with van der Waals surface area (Å²) in [6.07, 6.45) is 7.01. The Morgan fingerprint density at radius 1 is 1.42 bits per heavy atom. The van der Waals surface area contributed by atoms with E-state index in [1.54, 1.807) is 6.33 Å². The first-order chi connectivity index (χ1) is 9.24. The van der Waals surface area contributed by atoms with E-state index in [1.807, 2.05) is 0 Å². The zero-order chi connectivity index (χ0) is 13.2. The SMILES string of the molecule is CC1CCCCC1OC(=O)C1Cc2nc[nH]c2CN1. The van der Waals surface area contributed by atoms with E-state index in [2.05, 4.69) is 22.2 Å². The van der Waals surface area contributed by atoms with Crippen LogP contribution >= 0.6 is 0 Å². The molecule has 5 heteroatoms. The number of nitrogens with zero attached hydrogens (tertiary/aromatic N) is 1. The molecule has 0 amide bonds. The van der Waals surface area contributed by atoms with Crippen molar-refractivity contribution in [2.75, 3.05) is 0 Å². The molecule has 1 aromatic heterocycles. The fourth-order valence-electron chi connectivity index (χ4n) is 3.02. The van der Waals surface area contributed by atoms with Crippen LogP contribution in [0.2, 0.25) is 0 Å². The van der Waals surface area contributed by atoms with Crippen LogP contribution in [0.3, 0.4) is 0 Å². The van der Waals surface area contributed by atoms with Crippen LogP contribution < -0.4 is 5.32 Å². The Hall–Kier alpha value is -1.36. The molecule has 3 unspecified atom stereocenters. The summed E-state index contributed by atoms with van der Waals surface area (Å²) in [5.74, 6) is 0.370. The smallest absolute Gasteiger partial charge is 0.323 e. The summed E-state index contributed by atoms with van der Waals surface area (Å²) in [6, 6.07) is -0.245. The molecule has 1 aliphatic heterocycles. The maximum absolute atomic E-state index is 12.2. The van der Waals surface area contributed by atoms with Crippen LogP contribution in [0.15, 0.2) is 6.33 Å². The molecular formula is C14H21N3O2. The van der Waals surface area contributed by atoms with Gasteiger partial charge in [-0.2, -0.15) is 0 Å². The van der Waals surface area contributed by atoms with Gasteiger partial charge in [-0.15, -0.1) is 0 Å². The van der Waals surface area contributed by atoms with Gasteiger partial charge in [0.1, 0.15) is 12.1 Å². The van der Waals surface area contributed by atoms with Gasteiger partial charge in [0.25, 0.3) is 0 Å². The molecule has 3 atom stereocenters. The third kappa shape index (κ3) is 2.66. The van der Waals surface area contributed by atoms with E-state index in [0.29, 0.717) is 18.9 Å². The summed E-state index contributed by atoms with van der Waals surface area (Å²) >= 11 is 0. The lowest BCUT2D eigenvalue weighted by molar-refractivity contribution is -0.156. The van der Waals surface area contributed by atoms with Gasteiger partial charge in [-0.05, 0) is 25.2 Å². The van der Waals surface area contributed by atoms with Crippen molar-refractivity contribution < 1.29 is 9.53 Å². The minimum atomic E-state index is -0.245. The van der Waals surface area contributed by atoms with Crippen LogP contribution in [0.5, 0.6) is 0 Å². The summed E-state index contributed by atoms with van der Waals surface area (Å²) in [5, 5.41) is 3.22. The summed E-state index contributed by atoms with van der Waals surface area (Å²) in [6.45, 7) is 2.84. The van der Waals surface area contributed by atoms with E-state index >= 15 is 0 Å². The topological polar surface area (TPSA) is 67.0 Å². The molecule has 2 heterocycles. The van der Waals surface area contributed by atoms with E-state index in [0.717, 1.165) is 17.8 Å². The highest BCUT2D eigenvalue weighted by Crippen LogP contribution is 2.27. The molecule has 3 rings (SSSR count). The lowest BCUT2D eigenvalue weighted by Crippen LogP contribution is -2.45.